The lowest BCUT2D eigenvalue weighted by atomic mass is 10.2. The molecule has 9 heteroatoms. The highest BCUT2D eigenvalue weighted by molar-refractivity contribution is 14.1. The van der Waals surface area contributed by atoms with Crippen molar-refractivity contribution in [3.8, 4) is 0 Å². The molecule has 0 radical (unpaired) electrons. The van der Waals surface area contributed by atoms with Crippen molar-refractivity contribution < 1.29 is 13.2 Å². The molecule has 2 rings (SSSR count). The zero-order valence-electron chi connectivity index (χ0n) is 10.4. The number of hydrogen-bond donors (Lipinski definition) is 2. The number of aryl methyl sites for hydroxylation is 1. The zero-order valence-corrected chi connectivity index (χ0v) is 13.3. The van der Waals surface area contributed by atoms with Gasteiger partial charge in [-0.15, -0.1) is 0 Å². The molecule has 1 aromatic heterocycles. The van der Waals surface area contributed by atoms with E-state index in [0.717, 1.165) is 3.57 Å². The number of sulfonamides is 1. The number of rotatable bonds is 3. The average molecular weight is 406 g/mol. The van der Waals surface area contributed by atoms with E-state index in [1.165, 1.54) is 17.9 Å². The molecule has 0 saturated heterocycles. The molecule has 1 heterocycles. The van der Waals surface area contributed by atoms with E-state index < -0.39 is 15.9 Å². The molecule has 0 atom stereocenters. The minimum absolute atomic E-state index is 0.0847. The summed E-state index contributed by atoms with van der Waals surface area (Å²) in [6.07, 6.45) is 1.23. The Morgan fingerprint density at radius 3 is 2.50 bits per heavy atom. The first-order valence-corrected chi connectivity index (χ1v) is 8.03. The van der Waals surface area contributed by atoms with Crippen molar-refractivity contribution in [1.29, 1.82) is 0 Å². The fourth-order valence-electron chi connectivity index (χ4n) is 1.54. The number of benzene rings is 1. The lowest BCUT2D eigenvalue weighted by Crippen LogP contribution is -2.17. The topological polar surface area (TPSA) is 107 Å². The van der Waals surface area contributed by atoms with E-state index in [1.807, 2.05) is 0 Å². The van der Waals surface area contributed by atoms with Crippen LogP contribution in [-0.2, 0) is 17.1 Å². The Balaban J connectivity index is 2.31. The summed E-state index contributed by atoms with van der Waals surface area (Å²) in [5.74, 6) is -0.538. The molecule has 20 heavy (non-hydrogen) atoms. The van der Waals surface area contributed by atoms with Crippen LogP contribution >= 0.6 is 22.6 Å². The molecule has 0 saturated carbocycles. The van der Waals surface area contributed by atoms with Gasteiger partial charge in [0.05, 0.1) is 0 Å². The Bertz CT molecular complexity index is 752. The Morgan fingerprint density at radius 2 is 1.95 bits per heavy atom. The number of amides is 1. The summed E-state index contributed by atoms with van der Waals surface area (Å²) in [4.78, 5) is 11.8. The van der Waals surface area contributed by atoms with Crippen LogP contribution in [0.5, 0.6) is 0 Å². The minimum Gasteiger partial charge on any atom is -0.304 e. The highest BCUT2D eigenvalue weighted by atomic mass is 127. The summed E-state index contributed by atoms with van der Waals surface area (Å²) in [6.45, 7) is 0. The summed E-state index contributed by atoms with van der Waals surface area (Å²) in [7, 11) is -2.41. The third kappa shape index (κ3) is 3.35. The normalized spacial score (nSPS) is 11.3. The van der Waals surface area contributed by atoms with Crippen LogP contribution in [0.15, 0.2) is 35.4 Å². The van der Waals surface area contributed by atoms with Gasteiger partial charge < -0.3 is 5.32 Å². The first kappa shape index (κ1) is 14.9. The molecule has 1 amide bonds. The number of nitrogens with zero attached hydrogens (tertiary/aromatic N) is 2. The van der Waals surface area contributed by atoms with Gasteiger partial charge in [0.25, 0.3) is 5.91 Å². The van der Waals surface area contributed by atoms with Gasteiger partial charge in [-0.25, -0.2) is 13.6 Å². The van der Waals surface area contributed by atoms with Crippen LogP contribution in [0.4, 0.5) is 5.82 Å². The molecule has 106 valence electrons. The van der Waals surface area contributed by atoms with E-state index >= 15 is 0 Å². The van der Waals surface area contributed by atoms with Crippen LogP contribution in [0.2, 0.25) is 0 Å². The van der Waals surface area contributed by atoms with Crippen molar-refractivity contribution in [2.75, 3.05) is 5.32 Å². The minimum atomic E-state index is -3.95. The van der Waals surface area contributed by atoms with Gasteiger partial charge in [-0.05, 0) is 46.9 Å². The second-order valence-corrected chi connectivity index (χ2v) is 6.80. The summed E-state index contributed by atoms with van der Waals surface area (Å²) in [5, 5.41) is 11.4. The number of nitrogens with one attached hydrogen (secondary N) is 1. The van der Waals surface area contributed by atoms with Crippen molar-refractivity contribution in [3.63, 3.8) is 0 Å². The second kappa shape index (κ2) is 5.50. The number of halogens is 1. The number of primary sulfonamides is 1. The van der Waals surface area contributed by atoms with E-state index in [1.54, 1.807) is 24.3 Å². The van der Waals surface area contributed by atoms with E-state index in [2.05, 4.69) is 33.0 Å². The molecule has 1 aromatic carbocycles. The fourth-order valence-corrected chi connectivity index (χ4v) is 2.56. The third-order valence-corrected chi connectivity index (χ3v) is 4.07. The van der Waals surface area contributed by atoms with Crippen molar-refractivity contribution in [2.24, 2.45) is 12.2 Å². The number of aromatic nitrogens is 2. The molecule has 3 N–H and O–H groups in total. The van der Waals surface area contributed by atoms with Gasteiger partial charge in [-0.3, -0.25) is 9.48 Å². The quantitative estimate of drug-likeness (QED) is 0.740. The number of carbonyl (C=O) groups is 1. The maximum absolute atomic E-state index is 12.0. The van der Waals surface area contributed by atoms with Gasteiger partial charge in [0.15, 0.2) is 5.82 Å². The molecule has 0 aliphatic heterocycles. The third-order valence-electron chi connectivity index (χ3n) is 2.44. The number of nitrogens with two attached hydrogens (primary N) is 1. The van der Waals surface area contributed by atoms with E-state index in [9.17, 15) is 13.2 Å². The fraction of sp³-hybridized carbons (Fsp3) is 0.0909. The lowest BCUT2D eigenvalue weighted by molar-refractivity contribution is 0.102. The summed E-state index contributed by atoms with van der Waals surface area (Å²) in [6, 6.07) is 6.82. The predicted molar refractivity (Wildman–Crippen MR) is 81.7 cm³/mol. The molecule has 0 aliphatic carbocycles. The van der Waals surface area contributed by atoms with Gasteiger partial charge in [-0.2, -0.15) is 5.10 Å². The molecule has 0 fully saturated rings. The smallest absolute Gasteiger partial charge is 0.256 e. The van der Waals surface area contributed by atoms with Crippen LogP contribution < -0.4 is 10.5 Å². The first-order valence-electron chi connectivity index (χ1n) is 5.41. The maximum atomic E-state index is 12.0. The molecule has 0 bridgehead atoms. The number of hydrogen-bond acceptors (Lipinski definition) is 4. The highest BCUT2D eigenvalue weighted by Crippen LogP contribution is 2.18. The van der Waals surface area contributed by atoms with Gasteiger partial charge in [-0.1, -0.05) is 0 Å². The Kier molecular flexibility index (Phi) is 4.11. The summed E-state index contributed by atoms with van der Waals surface area (Å²) in [5.41, 5.74) is 0.399. The number of carbonyl (C=O) groups excluding carboxylic acids is 1. The Hall–Kier alpha value is -1.46. The SMILES string of the molecule is Cn1cc(S(N)(=O)=O)c(NC(=O)c2ccc(I)cc2)n1. The Labute approximate surface area is 129 Å². The first-order chi connectivity index (χ1) is 9.27. The molecular weight excluding hydrogens is 395 g/mol. The largest absolute Gasteiger partial charge is 0.304 e. The van der Waals surface area contributed by atoms with E-state index in [4.69, 9.17) is 5.14 Å². The molecule has 0 unspecified atom stereocenters. The number of anilines is 1. The van der Waals surface area contributed by atoms with Crippen LogP contribution in [0.3, 0.4) is 0 Å². The lowest BCUT2D eigenvalue weighted by Gasteiger charge is -2.04. The van der Waals surface area contributed by atoms with Crippen LogP contribution in [0, 0.1) is 3.57 Å². The molecule has 0 aliphatic rings. The van der Waals surface area contributed by atoms with Crippen molar-refractivity contribution in [3.05, 3.63) is 39.6 Å². The van der Waals surface area contributed by atoms with Crippen molar-refractivity contribution >= 4 is 44.3 Å². The van der Waals surface area contributed by atoms with Crippen LogP contribution in [-0.4, -0.2) is 24.1 Å². The maximum Gasteiger partial charge on any atom is 0.256 e. The monoisotopic (exact) mass is 406 g/mol. The van der Waals surface area contributed by atoms with Gasteiger partial charge >= 0.3 is 0 Å². The molecule has 2 aromatic rings. The van der Waals surface area contributed by atoms with Gasteiger partial charge in [0.1, 0.15) is 4.90 Å². The van der Waals surface area contributed by atoms with Crippen molar-refractivity contribution in [1.82, 2.24) is 9.78 Å². The van der Waals surface area contributed by atoms with Gasteiger partial charge in [0, 0.05) is 22.4 Å². The molecule has 7 nitrogen and oxygen atoms in total. The van der Waals surface area contributed by atoms with E-state index in [0.29, 0.717) is 5.56 Å². The molecular formula is C11H11IN4O3S. The van der Waals surface area contributed by atoms with E-state index in [-0.39, 0.29) is 10.7 Å². The average Bonchev–Trinajstić information content (AvgIpc) is 2.71. The van der Waals surface area contributed by atoms with Gasteiger partial charge in [0.2, 0.25) is 10.0 Å². The van der Waals surface area contributed by atoms with Crippen molar-refractivity contribution in [2.45, 2.75) is 4.90 Å². The summed E-state index contributed by atoms with van der Waals surface area (Å²) >= 11 is 2.12. The second-order valence-electron chi connectivity index (χ2n) is 4.02. The molecule has 0 spiro atoms. The standard InChI is InChI=1S/C11H11IN4O3S/c1-16-6-9(20(13,18)19)10(15-16)14-11(17)7-2-4-8(12)5-3-7/h2-6H,1H3,(H2,13,18,19)(H,14,15,17). The van der Waals surface area contributed by atoms with Crippen LogP contribution in [0.25, 0.3) is 0 Å². The zero-order chi connectivity index (χ0) is 14.9. The van der Waals surface area contributed by atoms with Crippen LogP contribution in [0.1, 0.15) is 10.4 Å². The highest BCUT2D eigenvalue weighted by Gasteiger charge is 2.20. The summed E-state index contributed by atoms with van der Waals surface area (Å²) < 4.78 is 25.1. The predicted octanol–water partition coefficient (Wildman–Crippen LogP) is 0.924. The Morgan fingerprint density at radius 1 is 1.35 bits per heavy atom.